The molecule has 134 valence electrons. The van der Waals surface area contributed by atoms with Crippen LogP contribution in [0.25, 0.3) is 5.65 Å². The third kappa shape index (κ3) is 2.61. The highest BCUT2D eigenvalue weighted by Crippen LogP contribution is 2.30. The molecule has 0 aliphatic carbocycles. The Morgan fingerprint density at radius 2 is 2.27 bits per heavy atom. The molecule has 0 spiro atoms. The van der Waals surface area contributed by atoms with Crippen LogP contribution in [0.2, 0.25) is 0 Å². The predicted octanol–water partition coefficient (Wildman–Crippen LogP) is 1.51. The van der Waals surface area contributed by atoms with Crippen molar-refractivity contribution in [3.05, 3.63) is 47.2 Å². The van der Waals surface area contributed by atoms with Gasteiger partial charge in [0.1, 0.15) is 23.5 Å². The fourth-order valence-corrected chi connectivity index (χ4v) is 3.02. The Kier molecular flexibility index (Phi) is 3.90. The van der Waals surface area contributed by atoms with E-state index in [4.69, 9.17) is 4.74 Å². The second kappa shape index (κ2) is 6.25. The fourth-order valence-electron chi connectivity index (χ4n) is 3.02. The number of carbonyl (C=O) groups excluding carboxylic acids is 1. The van der Waals surface area contributed by atoms with Gasteiger partial charge in [0.05, 0.1) is 6.61 Å². The molecule has 0 unspecified atom stereocenters. The molecule has 9 heteroatoms. The summed E-state index contributed by atoms with van der Waals surface area (Å²) in [5.41, 5.74) is 2.16. The number of aromatic nitrogens is 4. The van der Waals surface area contributed by atoms with Crippen molar-refractivity contribution in [1.29, 1.82) is 0 Å². The quantitative estimate of drug-likeness (QED) is 0.763. The largest absolute Gasteiger partial charge is 0.493 e. The summed E-state index contributed by atoms with van der Waals surface area (Å²) < 4.78 is 21.3. The molecule has 8 nitrogen and oxygen atoms in total. The first-order chi connectivity index (χ1) is 12.6. The molecule has 1 aliphatic rings. The summed E-state index contributed by atoms with van der Waals surface area (Å²) in [5, 5.41) is 11.0. The number of nitrogens with one attached hydrogen (secondary N) is 1. The number of rotatable bonds is 4. The Balaban J connectivity index is 1.66. The van der Waals surface area contributed by atoms with Gasteiger partial charge in [-0.05, 0) is 12.1 Å². The van der Waals surface area contributed by atoms with Crippen LogP contribution in [0.4, 0.5) is 10.3 Å². The van der Waals surface area contributed by atoms with Crippen LogP contribution >= 0.6 is 0 Å². The van der Waals surface area contributed by atoms with Gasteiger partial charge < -0.3 is 15.0 Å². The van der Waals surface area contributed by atoms with E-state index in [1.54, 1.807) is 24.6 Å². The van der Waals surface area contributed by atoms with Crippen molar-refractivity contribution in [2.24, 2.45) is 0 Å². The first-order valence-electron chi connectivity index (χ1n) is 8.13. The highest BCUT2D eigenvalue weighted by molar-refractivity contribution is 5.99. The van der Waals surface area contributed by atoms with Crippen molar-refractivity contribution in [2.45, 2.75) is 13.0 Å². The molecule has 2 aromatic heterocycles. The van der Waals surface area contributed by atoms with Crippen LogP contribution in [0, 0.1) is 5.82 Å². The van der Waals surface area contributed by atoms with E-state index < -0.39 is 0 Å². The van der Waals surface area contributed by atoms with Gasteiger partial charge in [-0.3, -0.25) is 9.20 Å². The Morgan fingerprint density at radius 1 is 1.42 bits per heavy atom. The minimum atomic E-state index is -0.291. The zero-order chi connectivity index (χ0) is 18.3. The molecule has 0 fully saturated rings. The van der Waals surface area contributed by atoms with Crippen LogP contribution in [0.15, 0.2) is 24.7 Å². The Bertz CT molecular complexity index is 1000. The molecule has 4 rings (SSSR count). The van der Waals surface area contributed by atoms with Crippen LogP contribution in [-0.2, 0) is 13.0 Å². The molecule has 0 bridgehead atoms. The van der Waals surface area contributed by atoms with Gasteiger partial charge in [0, 0.05) is 44.4 Å². The minimum absolute atomic E-state index is 0.217. The Labute approximate surface area is 148 Å². The third-order valence-corrected chi connectivity index (χ3v) is 4.33. The van der Waals surface area contributed by atoms with Gasteiger partial charge in [0.25, 0.3) is 5.91 Å². The van der Waals surface area contributed by atoms with Crippen molar-refractivity contribution < 1.29 is 13.9 Å². The number of hydrogen-bond donors (Lipinski definition) is 1. The van der Waals surface area contributed by atoms with E-state index in [2.05, 4.69) is 20.5 Å². The summed E-state index contributed by atoms with van der Waals surface area (Å²) in [4.78, 5) is 18.0. The third-order valence-electron chi connectivity index (χ3n) is 4.33. The summed E-state index contributed by atoms with van der Waals surface area (Å²) >= 11 is 0. The van der Waals surface area contributed by atoms with Crippen LogP contribution in [0.1, 0.15) is 21.5 Å². The number of anilines is 1. The number of amides is 1. The number of ether oxygens (including phenoxy) is 1. The standard InChI is InChI=1S/C17H17FN6O2/c1-23(2)16(25)12-8-20-17(24-9-21-22-15(12)24)19-7-11-10-5-6-26-14(10)4-3-13(11)18/h3-4,8-9H,5-7H2,1-2H3,(H,19,20). The number of hydrogen-bond acceptors (Lipinski definition) is 6. The highest BCUT2D eigenvalue weighted by Gasteiger charge is 2.21. The summed E-state index contributed by atoms with van der Waals surface area (Å²) in [7, 11) is 3.31. The number of benzene rings is 1. The van der Waals surface area contributed by atoms with Gasteiger partial charge in [-0.25, -0.2) is 9.37 Å². The average Bonchev–Trinajstić information content (AvgIpc) is 3.29. The van der Waals surface area contributed by atoms with Crippen molar-refractivity contribution >= 4 is 17.5 Å². The first kappa shape index (κ1) is 16.2. The van der Waals surface area contributed by atoms with Gasteiger partial charge in [-0.2, -0.15) is 0 Å². The van der Waals surface area contributed by atoms with Gasteiger partial charge in [-0.15, -0.1) is 10.2 Å². The summed E-state index contributed by atoms with van der Waals surface area (Å²) in [5.74, 6) is 0.640. The van der Waals surface area contributed by atoms with Gasteiger partial charge >= 0.3 is 0 Å². The van der Waals surface area contributed by atoms with E-state index in [-0.39, 0.29) is 18.3 Å². The molecule has 3 aromatic rings. The molecule has 1 aromatic carbocycles. The van der Waals surface area contributed by atoms with Crippen LogP contribution in [-0.4, -0.2) is 51.1 Å². The molecule has 0 saturated heterocycles. The lowest BCUT2D eigenvalue weighted by Crippen LogP contribution is -2.23. The molecular weight excluding hydrogens is 339 g/mol. The van der Waals surface area contributed by atoms with Gasteiger partial charge in [0.2, 0.25) is 5.95 Å². The molecule has 3 heterocycles. The van der Waals surface area contributed by atoms with Gasteiger partial charge in [-0.1, -0.05) is 0 Å². The van der Waals surface area contributed by atoms with Crippen molar-refractivity contribution in [1.82, 2.24) is 24.5 Å². The molecule has 0 atom stereocenters. The van der Waals surface area contributed by atoms with E-state index in [9.17, 15) is 9.18 Å². The lowest BCUT2D eigenvalue weighted by Gasteiger charge is -2.14. The first-order valence-corrected chi connectivity index (χ1v) is 8.13. The maximum atomic E-state index is 14.3. The molecule has 1 aliphatic heterocycles. The Morgan fingerprint density at radius 3 is 3.08 bits per heavy atom. The van der Waals surface area contributed by atoms with Crippen LogP contribution in [0.5, 0.6) is 5.75 Å². The maximum Gasteiger partial charge on any atom is 0.258 e. The lowest BCUT2D eigenvalue weighted by molar-refractivity contribution is 0.0828. The van der Waals surface area contributed by atoms with Crippen molar-refractivity contribution in [3.63, 3.8) is 0 Å². The summed E-state index contributed by atoms with van der Waals surface area (Å²) in [6, 6.07) is 3.06. The van der Waals surface area contributed by atoms with Gasteiger partial charge in [0.15, 0.2) is 5.65 Å². The number of carbonyl (C=O) groups is 1. The topological polar surface area (TPSA) is 84.7 Å². The average molecular weight is 356 g/mol. The molecule has 26 heavy (non-hydrogen) atoms. The molecule has 1 amide bonds. The lowest BCUT2D eigenvalue weighted by atomic mass is 10.0. The van der Waals surface area contributed by atoms with E-state index >= 15 is 0 Å². The SMILES string of the molecule is CN(C)C(=O)c1cnc(NCc2c(F)ccc3c2CCO3)n2cnnc12. The second-order valence-electron chi connectivity index (χ2n) is 6.17. The molecule has 1 N–H and O–H groups in total. The minimum Gasteiger partial charge on any atom is -0.493 e. The second-order valence-corrected chi connectivity index (χ2v) is 6.17. The predicted molar refractivity (Wildman–Crippen MR) is 91.7 cm³/mol. The molecule has 0 radical (unpaired) electrons. The van der Waals surface area contributed by atoms with E-state index in [1.807, 2.05) is 0 Å². The number of nitrogens with zero attached hydrogens (tertiary/aromatic N) is 5. The van der Waals surface area contributed by atoms with Crippen LogP contribution < -0.4 is 10.1 Å². The van der Waals surface area contributed by atoms with Crippen molar-refractivity contribution in [3.8, 4) is 5.75 Å². The van der Waals surface area contributed by atoms with Crippen LogP contribution in [0.3, 0.4) is 0 Å². The normalized spacial score (nSPS) is 12.7. The zero-order valence-corrected chi connectivity index (χ0v) is 14.4. The Hall–Kier alpha value is -3.23. The van der Waals surface area contributed by atoms with E-state index in [0.717, 1.165) is 11.3 Å². The van der Waals surface area contributed by atoms with E-state index in [1.165, 1.54) is 23.5 Å². The number of halogens is 1. The summed E-state index contributed by atoms with van der Waals surface area (Å²) in [6.45, 7) is 0.792. The molecular formula is C17H17FN6O2. The zero-order valence-electron chi connectivity index (χ0n) is 14.4. The molecule has 0 saturated carbocycles. The smallest absolute Gasteiger partial charge is 0.258 e. The van der Waals surface area contributed by atoms with Crippen molar-refractivity contribution in [2.75, 3.05) is 26.0 Å². The van der Waals surface area contributed by atoms with E-state index in [0.29, 0.717) is 35.8 Å². The summed E-state index contributed by atoms with van der Waals surface area (Å²) in [6.07, 6.45) is 3.59. The fraction of sp³-hybridized carbons (Fsp3) is 0.294. The number of fused-ring (bicyclic) bond motifs is 2. The maximum absolute atomic E-state index is 14.3. The monoisotopic (exact) mass is 356 g/mol. The highest BCUT2D eigenvalue weighted by atomic mass is 19.1.